The van der Waals surface area contributed by atoms with Crippen LogP contribution < -0.4 is 0 Å². The van der Waals surface area contributed by atoms with Crippen molar-refractivity contribution in [2.45, 2.75) is 39.6 Å². The molecule has 0 aliphatic rings. The summed E-state index contributed by atoms with van der Waals surface area (Å²) in [4.78, 5) is 0. The molecule has 0 N–H and O–H groups in total. The fourth-order valence-corrected chi connectivity index (χ4v) is 2.20. The third-order valence-electron chi connectivity index (χ3n) is 1.11. The van der Waals surface area contributed by atoms with Gasteiger partial charge in [0.25, 0.3) is 0 Å². The molecule has 0 amide bonds. The van der Waals surface area contributed by atoms with Gasteiger partial charge in [0.15, 0.2) is 8.32 Å². The van der Waals surface area contributed by atoms with E-state index in [0.717, 1.165) is 13.2 Å². The van der Waals surface area contributed by atoms with Crippen LogP contribution in [0.4, 0.5) is 0 Å². The van der Waals surface area contributed by atoms with E-state index in [9.17, 15) is 0 Å². The second-order valence-corrected chi connectivity index (χ2v) is 8.16. The maximum atomic E-state index is 5.75. The number of rotatable bonds is 5. The molecule has 0 radical (unpaired) electrons. The molecule has 2 nitrogen and oxygen atoms in total. The lowest BCUT2D eigenvalue weighted by Crippen LogP contribution is -2.32. The highest BCUT2D eigenvalue weighted by Crippen LogP contribution is 2.06. The SMILES string of the molecule is CCOCC(C)O[Si](C)(C)C. The highest BCUT2D eigenvalue weighted by atomic mass is 28.4. The molecule has 0 aliphatic carbocycles. The van der Waals surface area contributed by atoms with Crippen molar-refractivity contribution in [2.24, 2.45) is 0 Å². The first-order chi connectivity index (χ1) is 4.95. The Morgan fingerprint density at radius 3 is 2.18 bits per heavy atom. The number of ether oxygens (including phenoxy) is 1. The van der Waals surface area contributed by atoms with Crippen molar-refractivity contribution in [3.63, 3.8) is 0 Å². The van der Waals surface area contributed by atoms with Crippen LogP contribution in [0.1, 0.15) is 13.8 Å². The predicted octanol–water partition coefficient (Wildman–Crippen LogP) is 2.26. The van der Waals surface area contributed by atoms with Crippen LogP contribution in [0.15, 0.2) is 0 Å². The average molecular weight is 176 g/mol. The molecule has 0 saturated carbocycles. The van der Waals surface area contributed by atoms with E-state index in [1.165, 1.54) is 0 Å². The van der Waals surface area contributed by atoms with Gasteiger partial charge in [0, 0.05) is 6.61 Å². The Morgan fingerprint density at radius 2 is 1.82 bits per heavy atom. The van der Waals surface area contributed by atoms with Crippen molar-refractivity contribution in [1.29, 1.82) is 0 Å². The van der Waals surface area contributed by atoms with Crippen LogP contribution in [-0.4, -0.2) is 27.6 Å². The standard InChI is InChI=1S/C8H20O2Si/c1-6-9-7-8(2)10-11(3,4)5/h8H,6-7H2,1-5H3. The predicted molar refractivity (Wildman–Crippen MR) is 50.4 cm³/mol. The molecule has 1 atom stereocenters. The fraction of sp³-hybridized carbons (Fsp3) is 1.00. The van der Waals surface area contributed by atoms with Gasteiger partial charge in [-0.15, -0.1) is 0 Å². The van der Waals surface area contributed by atoms with Crippen LogP contribution in [0.25, 0.3) is 0 Å². The molecule has 11 heavy (non-hydrogen) atoms. The lowest BCUT2D eigenvalue weighted by Gasteiger charge is -2.23. The maximum absolute atomic E-state index is 5.75. The molecule has 1 unspecified atom stereocenters. The lowest BCUT2D eigenvalue weighted by molar-refractivity contribution is 0.0620. The van der Waals surface area contributed by atoms with Gasteiger partial charge in [-0.05, 0) is 33.5 Å². The van der Waals surface area contributed by atoms with Gasteiger partial charge in [-0.25, -0.2) is 0 Å². The summed E-state index contributed by atoms with van der Waals surface area (Å²) in [6, 6.07) is 0. The molecular weight excluding hydrogens is 156 g/mol. The molecule has 0 spiro atoms. The van der Waals surface area contributed by atoms with Crippen LogP contribution in [0.2, 0.25) is 19.6 Å². The Kier molecular flexibility index (Phi) is 4.96. The third-order valence-corrected chi connectivity index (χ3v) is 2.22. The van der Waals surface area contributed by atoms with Crippen molar-refractivity contribution in [2.75, 3.05) is 13.2 Å². The first-order valence-electron chi connectivity index (χ1n) is 4.21. The van der Waals surface area contributed by atoms with Crippen molar-refractivity contribution < 1.29 is 9.16 Å². The molecule has 0 aromatic heterocycles. The Bertz CT molecular complexity index is 98.8. The highest BCUT2D eigenvalue weighted by molar-refractivity contribution is 6.69. The van der Waals surface area contributed by atoms with E-state index in [4.69, 9.17) is 9.16 Å². The van der Waals surface area contributed by atoms with Crippen LogP contribution >= 0.6 is 0 Å². The topological polar surface area (TPSA) is 18.5 Å². The molecule has 0 bridgehead atoms. The van der Waals surface area contributed by atoms with Crippen molar-refractivity contribution in [3.8, 4) is 0 Å². The molecule has 0 aromatic carbocycles. The van der Waals surface area contributed by atoms with Gasteiger partial charge in [0.1, 0.15) is 0 Å². The summed E-state index contributed by atoms with van der Waals surface area (Å²) in [7, 11) is -1.35. The van der Waals surface area contributed by atoms with Gasteiger partial charge < -0.3 is 9.16 Å². The molecule has 0 rings (SSSR count). The smallest absolute Gasteiger partial charge is 0.184 e. The largest absolute Gasteiger partial charge is 0.413 e. The summed E-state index contributed by atoms with van der Waals surface area (Å²) in [5.74, 6) is 0. The average Bonchev–Trinajstić information content (AvgIpc) is 1.79. The normalized spacial score (nSPS) is 15.0. The van der Waals surface area contributed by atoms with Gasteiger partial charge in [-0.1, -0.05) is 0 Å². The summed E-state index contributed by atoms with van der Waals surface area (Å²) in [5.41, 5.74) is 0. The summed E-state index contributed by atoms with van der Waals surface area (Å²) in [5, 5.41) is 0. The van der Waals surface area contributed by atoms with E-state index in [1.807, 2.05) is 6.92 Å². The first kappa shape index (κ1) is 11.1. The molecule has 0 fully saturated rings. The summed E-state index contributed by atoms with van der Waals surface area (Å²) < 4.78 is 11.0. The second-order valence-electron chi connectivity index (χ2n) is 3.70. The summed E-state index contributed by atoms with van der Waals surface area (Å²) in [6.45, 7) is 12.1. The quantitative estimate of drug-likeness (QED) is 0.598. The summed E-state index contributed by atoms with van der Waals surface area (Å²) in [6.07, 6.45) is 0.251. The molecule has 0 aromatic rings. The second kappa shape index (κ2) is 4.90. The maximum Gasteiger partial charge on any atom is 0.184 e. The van der Waals surface area contributed by atoms with Crippen LogP contribution in [-0.2, 0) is 9.16 Å². The Morgan fingerprint density at radius 1 is 1.27 bits per heavy atom. The van der Waals surface area contributed by atoms with Gasteiger partial charge in [-0.3, -0.25) is 0 Å². The van der Waals surface area contributed by atoms with Crippen molar-refractivity contribution >= 4 is 8.32 Å². The minimum absolute atomic E-state index is 0.251. The fourth-order valence-electron chi connectivity index (χ4n) is 0.921. The monoisotopic (exact) mass is 176 g/mol. The lowest BCUT2D eigenvalue weighted by atomic mass is 10.4. The van der Waals surface area contributed by atoms with Crippen molar-refractivity contribution in [1.82, 2.24) is 0 Å². The molecule has 0 aliphatic heterocycles. The first-order valence-corrected chi connectivity index (χ1v) is 7.62. The zero-order valence-electron chi connectivity index (χ0n) is 8.31. The van der Waals surface area contributed by atoms with Gasteiger partial charge in [0.05, 0.1) is 12.7 Å². The third kappa shape index (κ3) is 8.04. The van der Waals surface area contributed by atoms with E-state index in [1.54, 1.807) is 0 Å². The molecular formula is C8H20O2Si. The highest BCUT2D eigenvalue weighted by Gasteiger charge is 2.17. The van der Waals surface area contributed by atoms with Crippen LogP contribution in [0.5, 0.6) is 0 Å². The zero-order valence-corrected chi connectivity index (χ0v) is 9.31. The van der Waals surface area contributed by atoms with E-state index in [-0.39, 0.29) is 6.10 Å². The number of hydrogen-bond donors (Lipinski definition) is 0. The van der Waals surface area contributed by atoms with Gasteiger partial charge in [-0.2, -0.15) is 0 Å². The number of hydrogen-bond acceptors (Lipinski definition) is 2. The van der Waals surface area contributed by atoms with E-state index >= 15 is 0 Å². The molecule has 0 saturated heterocycles. The minimum atomic E-state index is -1.35. The van der Waals surface area contributed by atoms with Gasteiger partial charge in [0.2, 0.25) is 0 Å². The molecule has 3 heteroatoms. The van der Waals surface area contributed by atoms with Gasteiger partial charge >= 0.3 is 0 Å². The molecule has 68 valence electrons. The van der Waals surface area contributed by atoms with Crippen LogP contribution in [0.3, 0.4) is 0 Å². The molecule has 0 heterocycles. The van der Waals surface area contributed by atoms with Crippen molar-refractivity contribution in [3.05, 3.63) is 0 Å². The minimum Gasteiger partial charge on any atom is -0.413 e. The van der Waals surface area contributed by atoms with E-state index in [0.29, 0.717) is 0 Å². The van der Waals surface area contributed by atoms with Crippen LogP contribution in [0, 0.1) is 0 Å². The summed E-state index contributed by atoms with van der Waals surface area (Å²) >= 11 is 0. The Balaban J connectivity index is 3.44. The Hall–Kier alpha value is 0.137. The van der Waals surface area contributed by atoms with E-state index < -0.39 is 8.32 Å². The Labute approximate surface area is 71.0 Å². The van der Waals surface area contributed by atoms with E-state index in [2.05, 4.69) is 26.6 Å². The zero-order chi connectivity index (χ0) is 8.91.